The Morgan fingerprint density at radius 1 is 0.554 bits per heavy atom. The molecule has 5 aromatic rings. The van der Waals surface area contributed by atoms with Gasteiger partial charge in [-0.1, -0.05) is 146 Å². The monoisotopic (exact) mass is 1200 g/mol. The first-order valence-corrected chi connectivity index (χ1v) is 34.5. The van der Waals surface area contributed by atoms with Crippen LogP contribution < -0.4 is 14.7 Å². The number of aryl methyl sites for hydroxylation is 2. The summed E-state index contributed by atoms with van der Waals surface area (Å²) in [6, 6.07) is 41.0. The van der Waals surface area contributed by atoms with Crippen molar-refractivity contribution in [1.29, 1.82) is 0 Å². The molecule has 8 unspecified atom stereocenters. The van der Waals surface area contributed by atoms with Gasteiger partial charge < -0.3 is 19.6 Å². The highest BCUT2D eigenvalue weighted by Crippen LogP contribution is 2.66. The zero-order chi connectivity index (χ0) is 62.9. The lowest BCUT2D eigenvalue weighted by Crippen LogP contribution is -2.32. The van der Waals surface area contributed by atoms with Crippen molar-refractivity contribution in [1.82, 2.24) is 4.90 Å². The second-order valence-corrected chi connectivity index (χ2v) is 29.3. The van der Waals surface area contributed by atoms with E-state index >= 15 is 0 Å². The van der Waals surface area contributed by atoms with Crippen LogP contribution in [-0.2, 0) is 5.41 Å². The largest absolute Gasteiger partial charge is 0.317 e. The number of nitrogens with zero attached hydrogens (tertiary/aromatic N) is 4. The highest BCUT2D eigenvalue weighted by Gasteiger charge is 2.54. The minimum atomic E-state index is -0.788. The van der Waals surface area contributed by atoms with E-state index in [1.807, 2.05) is 0 Å². The predicted molar refractivity (Wildman–Crippen MR) is 387 cm³/mol. The highest BCUT2D eigenvalue weighted by molar-refractivity contribution is 5.99. The third kappa shape index (κ3) is 9.84. The maximum atomic E-state index is 4.27. The molecule has 3 fully saturated rings. The molecule has 0 N–H and O–H groups in total. The number of rotatable bonds is 14. The van der Waals surface area contributed by atoms with Gasteiger partial charge in [0.15, 0.2) is 0 Å². The average molecular weight is 1200 g/mol. The lowest BCUT2D eigenvalue weighted by Gasteiger charge is -2.41. The lowest BCUT2D eigenvalue weighted by atomic mass is 9.67. The fourth-order valence-corrected chi connectivity index (χ4v) is 17.2. The van der Waals surface area contributed by atoms with Gasteiger partial charge in [-0.2, -0.15) is 0 Å². The van der Waals surface area contributed by atoms with Gasteiger partial charge >= 0.3 is 0 Å². The Morgan fingerprint density at radius 2 is 1.24 bits per heavy atom. The number of anilines is 5. The first kappa shape index (κ1) is 58.2. The van der Waals surface area contributed by atoms with Crippen LogP contribution >= 0.6 is 0 Å². The van der Waals surface area contributed by atoms with Crippen molar-refractivity contribution >= 4 is 34.0 Å². The highest BCUT2D eigenvalue weighted by atomic mass is 15.2. The van der Waals surface area contributed by atoms with E-state index in [-0.39, 0.29) is 5.41 Å². The Labute approximate surface area is 548 Å². The molecule has 0 aliphatic heterocycles. The third-order valence-electron chi connectivity index (χ3n) is 22.5. The van der Waals surface area contributed by atoms with E-state index in [1.165, 1.54) is 143 Å². The van der Waals surface area contributed by atoms with Gasteiger partial charge in [0.1, 0.15) is 0 Å². The predicted octanol–water partition coefficient (Wildman–Crippen LogP) is 22.8. The number of allylic oxidation sites excluding steroid dienone is 26. The summed E-state index contributed by atoms with van der Waals surface area (Å²) < 4.78 is 0. The molecule has 11 aliphatic carbocycles. The summed E-state index contributed by atoms with van der Waals surface area (Å²) in [5.41, 5.74) is 31.5. The van der Waals surface area contributed by atoms with Crippen LogP contribution in [0.4, 0.5) is 28.4 Å². The van der Waals surface area contributed by atoms with Crippen molar-refractivity contribution in [3.05, 3.63) is 321 Å². The van der Waals surface area contributed by atoms with E-state index in [1.54, 1.807) is 0 Å². The Bertz CT molecular complexity index is 4480. The normalized spacial score (nSPS) is 27.5. The molecule has 9 atom stereocenters. The topological polar surface area (TPSA) is 13.0 Å². The minimum Gasteiger partial charge on any atom is -0.317 e. The van der Waals surface area contributed by atoms with Gasteiger partial charge in [-0.15, -0.1) is 6.58 Å². The molecule has 0 saturated heterocycles. The number of hydrogen-bond acceptors (Lipinski definition) is 4. The number of fused-ring (bicyclic) bond motifs is 11. The van der Waals surface area contributed by atoms with Crippen LogP contribution in [0.1, 0.15) is 133 Å². The van der Waals surface area contributed by atoms with E-state index in [0.717, 1.165) is 49.2 Å². The Balaban J connectivity index is 1.01. The van der Waals surface area contributed by atoms with Crippen molar-refractivity contribution in [2.75, 3.05) is 14.7 Å². The molecule has 0 radical (unpaired) electrons. The second kappa shape index (κ2) is 22.5. The molecule has 0 heterocycles. The van der Waals surface area contributed by atoms with E-state index in [0.29, 0.717) is 41.4 Å². The maximum absolute atomic E-state index is 4.27. The second-order valence-electron chi connectivity index (χ2n) is 29.3. The zero-order valence-corrected chi connectivity index (χ0v) is 55.5. The van der Waals surface area contributed by atoms with Crippen LogP contribution in [-0.4, -0.2) is 4.90 Å². The Hall–Kier alpha value is -8.86. The fourth-order valence-electron chi connectivity index (χ4n) is 17.2. The Kier molecular flexibility index (Phi) is 14.2. The molecule has 92 heavy (non-hydrogen) atoms. The van der Waals surface area contributed by atoms with Crippen LogP contribution in [0.3, 0.4) is 0 Å². The summed E-state index contributed by atoms with van der Waals surface area (Å²) in [6.45, 7) is 25.2. The molecule has 460 valence electrons. The molecule has 16 rings (SSSR count). The van der Waals surface area contributed by atoms with Crippen molar-refractivity contribution in [3.63, 3.8) is 0 Å². The van der Waals surface area contributed by atoms with Crippen LogP contribution in [0.15, 0.2) is 287 Å². The summed E-state index contributed by atoms with van der Waals surface area (Å²) in [6.07, 6.45) is 55.0. The SMILES string of the molecule is C=C[C@@H]1CC1(C)/C=C/N(c1cccc(C)c1)c1ccc2c(c1)C1(C3=C(CC=CC(N(C4=CC=CCC(C)=C4)C4=CC5CCC5C(C)=C4)=C3)c3ccc(N(C4=CC(C)CC=C4)c4cccc(C)c4)cc31)c1cc(N(C3=CC(C)=CCC3C)C3=CC(C)=CC4CC34)ccc1-2. The van der Waals surface area contributed by atoms with Crippen LogP contribution in [0, 0.1) is 60.7 Å². The van der Waals surface area contributed by atoms with Gasteiger partial charge in [0.25, 0.3) is 0 Å². The molecular formula is C88H88N4. The van der Waals surface area contributed by atoms with Crippen molar-refractivity contribution in [2.24, 2.45) is 46.8 Å². The van der Waals surface area contributed by atoms with Gasteiger partial charge in [0.2, 0.25) is 0 Å². The molecule has 3 saturated carbocycles. The molecule has 0 bridgehead atoms. The molecule has 4 heteroatoms. The molecule has 1 spiro atoms. The van der Waals surface area contributed by atoms with E-state index in [2.05, 4.69) is 307 Å². The van der Waals surface area contributed by atoms with E-state index < -0.39 is 5.41 Å². The molecular weight excluding hydrogens is 1110 g/mol. The van der Waals surface area contributed by atoms with Crippen LogP contribution in [0.2, 0.25) is 0 Å². The quantitative estimate of drug-likeness (QED) is 0.103. The summed E-state index contributed by atoms with van der Waals surface area (Å²) in [7, 11) is 0. The average Bonchev–Trinajstić information content (AvgIpc) is 1.50. The minimum absolute atomic E-state index is 0.0463. The van der Waals surface area contributed by atoms with Gasteiger partial charge in [0.05, 0.1) is 5.41 Å². The zero-order valence-electron chi connectivity index (χ0n) is 55.5. The lowest BCUT2D eigenvalue weighted by molar-refractivity contribution is 0.260. The molecule has 0 aromatic heterocycles. The molecule has 5 aromatic carbocycles. The van der Waals surface area contributed by atoms with Crippen molar-refractivity contribution in [2.45, 2.75) is 119 Å². The van der Waals surface area contributed by atoms with E-state index in [9.17, 15) is 0 Å². The van der Waals surface area contributed by atoms with Gasteiger partial charge in [-0.3, -0.25) is 0 Å². The molecule has 0 amide bonds. The Morgan fingerprint density at radius 3 is 1.97 bits per heavy atom. The standard InChI is InChI=1S/C88H88N4/c1-11-65-54-87(65,10)38-39-89(66-23-14-19-56(3)41-66)67-31-35-78-79-37-33-73(92(85-45-59(6)28-29-61(85)8)86-46-60(7)40-64-49-80(64)86)53-84(79)88(81(78)50-67)82-51-71(91(68-22-13-12-18-55(2)42-68)74-47-62(9)75-34-30-63(75)48-74)26-17-27-76(82)77-36-32-72(52-83(77)88)90(69-24-15-20-57(4)43-69)70-25-16-21-58(5)44-70/h11-17,19-20,22-26,28,31-33,35-48,50-53,58,61,63-65,75,80H,1,18,21,27,29-30,34,49,54H2,2-10H3/b39-38+/t58?,61?,63?,64?,65-,75?,80?,87?,88?/m1/s1. The van der Waals surface area contributed by atoms with Crippen molar-refractivity contribution in [3.8, 4) is 11.1 Å². The first-order valence-electron chi connectivity index (χ1n) is 34.5. The van der Waals surface area contributed by atoms with Crippen molar-refractivity contribution < 1.29 is 0 Å². The third-order valence-corrected chi connectivity index (χ3v) is 22.5. The van der Waals surface area contributed by atoms with Crippen LogP contribution in [0.25, 0.3) is 16.7 Å². The summed E-state index contributed by atoms with van der Waals surface area (Å²) in [5.74, 6) is 3.42. The number of benzene rings is 5. The van der Waals surface area contributed by atoms with Gasteiger partial charge in [-0.25, -0.2) is 0 Å². The summed E-state index contributed by atoms with van der Waals surface area (Å²) in [5, 5.41) is 0. The smallest absolute Gasteiger partial charge is 0.0725 e. The molecule has 4 nitrogen and oxygen atoms in total. The fraction of sp³-hybridized carbons (Fsp3) is 0.295. The first-order chi connectivity index (χ1) is 44.6. The van der Waals surface area contributed by atoms with E-state index in [4.69, 9.17) is 0 Å². The maximum Gasteiger partial charge on any atom is 0.0725 e. The summed E-state index contributed by atoms with van der Waals surface area (Å²) >= 11 is 0. The van der Waals surface area contributed by atoms with Gasteiger partial charge in [0, 0.05) is 80.7 Å². The van der Waals surface area contributed by atoms with Gasteiger partial charge in [-0.05, 0) is 293 Å². The molecule has 11 aliphatic rings. The number of hydrogen-bond donors (Lipinski definition) is 0. The van der Waals surface area contributed by atoms with Crippen LogP contribution in [0.5, 0.6) is 0 Å². The summed E-state index contributed by atoms with van der Waals surface area (Å²) in [4.78, 5) is 10.4.